The Labute approximate surface area is 107 Å². The summed E-state index contributed by atoms with van der Waals surface area (Å²) in [4.78, 5) is 19.0. The Balaban J connectivity index is 2.51. The van der Waals surface area contributed by atoms with E-state index in [9.17, 15) is 9.18 Å². The van der Waals surface area contributed by atoms with Gasteiger partial charge in [0, 0.05) is 11.8 Å². The zero-order valence-electron chi connectivity index (χ0n) is 9.35. The van der Waals surface area contributed by atoms with Crippen molar-refractivity contribution in [3.8, 4) is 11.3 Å². The number of methoxy groups -OCH3 is 1. The molecule has 0 amide bonds. The first-order chi connectivity index (χ1) is 8.60. The summed E-state index contributed by atoms with van der Waals surface area (Å²) in [6.45, 7) is 0. The molecule has 1 heterocycles. The number of ether oxygens (including phenoxy) is 1. The van der Waals surface area contributed by atoms with Crippen LogP contribution >= 0.6 is 11.6 Å². The second-order valence-electron chi connectivity index (χ2n) is 3.43. The minimum absolute atomic E-state index is 0.0522. The first-order valence-corrected chi connectivity index (χ1v) is 5.36. The molecule has 0 saturated heterocycles. The van der Waals surface area contributed by atoms with Crippen molar-refractivity contribution in [1.29, 1.82) is 0 Å². The molecule has 0 unspecified atom stereocenters. The van der Waals surface area contributed by atoms with E-state index in [0.29, 0.717) is 11.3 Å². The molecule has 4 nitrogen and oxygen atoms in total. The van der Waals surface area contributed by atoms with Gasteiger partial charge in [-0.3, -0.25) is 0 Å². The molecule has 0 bridgehead atoms. The molecule has 2 rings (SSSR count). The molecule has 0 aliphatic rings. The summed E-state index contributed by atoms with van der Waals surface area (Å²) in [5.74, 6) is -1.17. The minimum Gasteiger partial charge on any atom is -0.465 e. The third-order valence-electron chi connectivity index (χ3n) is 2.24. The smallest absolute Gasteiger partial charge is 0.337 e. The monoisotopic (exact) mass is 266 g/mol. The van der Waals surface area contributed by atoms with E-state index in [1.807, 2.05) is 0 Å². The highest BCUT2D eigenvalue weighted by Gasteiger charge is 2.11. The van der Waals surface area contributed by atoms with Crippen LogP contribution in [0.5, 0.6) is 0 Å². The van der Waals surface area contributed by atoms with Gasteiger partial charge in [-0.25, -0.2) is 19.2 Å². The molecular weight excluding hydrogens is 259 g/mol. The Morgan fingerprint density at radius 2 is 2.17 bits per heavy atom. The zero-order valence-corrected chi connectivity index (χ0v) is 10.1. The van der Waals surface area contributed by atoms with Gasteiger partial charge in [-0.1, -0.05) is 0 Å². The first-order valence-electron chi connectivity index (χ1n) is 4.98. The van der Waals surface area contributed by atoms with Crippen LogP contribution in [0.4, 0.5) is 4.39 Å². The van der Waals surface area contributed by atoms with E-state index in [2.05, 4.69) is 14.7 Å². The second-order valence-corrected chi connectivity index (χ2v) is 3.77. The largest absolute Gasteiger partial charge is 0.465 e. The van der Waals surface area contributed by atoms with Crippen LogP contribution in [0.15, 0.2) is 30.5 Å². The van der Waals surface area contributed by atoms with Gasteiger partial charge in [0.25, 0.3) is 0 Å². The van der Waals surface area contributed by atoms with Crippen molar-refractivity contribution in [1.82, 2.24) is 9.97 Å². The lowest BCUT2D eigenvalue weighted by Crippen LogP contribution is -2.02. The molecule has 18 heavy (non-hydrogen) atoms. The summed E-state index contributed by atoms with van der Waals surface area (Å²) >= 11 is 5.66. The third-order valence-corrected chi connectivity index (χ3v) is 2.42. The molecule has 0 aliphatic heterocycles. The number of nitrogens with zero attached hydrogens (tertiary/aromatic N) is 2. The Bertz CT molecular complexity index is 604. The van der Waals surface area contributed by atoms with Crippen molar-refractivity contribution >= 4 is 17.6 Å². The number of rotatable bonds is 2. The van der Waals surface area contributed by atoms with Gasteiger partial charge in [-0.2, -0.15) is 0 Å². The van der Waals surface area contributed by atoms with Gasteiger partial charge in [0.2, 0.25) is 5.28 Å². The molecule has 1 aromatic carbocycles. The second kappa shape index (κ2) is 5.10. The van der Waals surface area contributed by atoms with Gasteiger partial charge >= 0.3 is 5.97 Å². The van der Waals surface area contributed by atoms with Crippen molar-refractivity contribution in [2.45, 2.75) is 0 Å². The fourth-order valence-corrected chi connectivity index (χ4v) is 1.62. The molecular formula is C12H8ClFN2O2. The molecule has 92 valence electrons. The van der Waals surface area contributed by atoms with Crippen molar-refractivity contribution in [2.24, 2.45) is 0 Å². The summed E-state index contributed by atoms with van der Waals surface area (Å²) < 4.78 is 18.0. The van der Waals surface area contributed by atoms with Crippen molar-refractivity contribution in [3.05, 3.63) is 47.1 Å². The Morgan fingerprint density at radius 3 is 2.83 bits per heavy atom. The maximum absolute atomic E-state index is 13.4. The summed E-state index contributed by atoms with van der Waals surface area (Å²) in [5.41, 5.74) is 0.974. The molecule has 0 spiro atoms. The topological polar surface area (TPSA) is 52.1 Å². The fourth-order valence-electron chi connectivity index (χ4n) is 1.47. The van der Waals surface area contributed by atoms with Crippen LogP contribution in [-0.4, -0.2) is 23.0 Å². The lowest BCUT2D eigenvalue weighted by molar-refractivity contribution is 0.0600. The van der Waals surface area contributed by atoms with Crippen LogP contribution in [0.25, 0.3) is 11.3 Å². The molecule has 0 aliphatic carbocycles. The van der Waals surface area contributed by atoms with Crippen LogP contribution in [0.1, 0.15) is 10.4 Å². The number of hydrogen-bond acceptors (Lipinski definition) is 4. The number of esters is 1. The van der Waals surface area contributed by atoms with E-state index in [0.717, 1.165) is 6.07 Å². The quantitative estimate of drug-likeness (QED) is 0.619. The SMILES string of the molecule is COC(=O)c1cc(F)cc(-c2ccnc(Cl)n2)c1. The van der Waals surface area contributed by atoms with Crippen LogP contribution in [0.3, 0.4) is 0 Å². The number of benzene rings is 1. The number of halogens is 2. The van der Waals surface area contributed by atoms with Crippen molar-refractivity contribution in [3.63, 3.8) is 0 Å². The number of aromatic nitrogens is 2. The summed E-state index contributed by atoms with van der Waals surface area (Å²) in [6.07, 6.45) is 1.45. The molecule has 0 radical (unpaired) electrons. The maximum atomic E-state index is 13.4. The van der Waals surface area contributed by atoms with Crippen LogP contribution in [-0.2, 0) is 4.74 Å². The van der Waals surface area contributed by atoms with Gasteiger partial charge in [-0.15, -0.1) is 0 Å². The number of carbonyl (C=O) groups excluding carboxylic acids is 1. The van der Waals surface area contributed by atoms with Gasteiger partial charge in [0.05, 0.1) is 18.4 Å². The van der Waals surface area contributed by atoms with Gasteiger partial charge in [0.15, 0.2) is 0 Å². The lowest BCUT2D eigenvalue weighted by Gasteiger charge is -2.04. The highest BCUT2D eigenvalue weighted by Crippen LogP contribution is 2.21. The van der Waals surface area contributed by atoms with E-state index in [-0.39, 0.29) is 10.8 Å². The van der Waals surface area contributed by atoms with E-state index in [4.69, 9.17) is 11.6 Å². The third kappa shape index (κ3) is 2.62. The Kier molecular flexibility index (Phi) is 3.53. The van der Waals surface area contributed by atoms with Crippen LogP contribution in [0, 0.1) is 5.82 Å². The van der Waals surface area contributed by atoms with E-state index in [1.54, 1.807) is 6.07 Å². The summed E-state index contributed by atoms with van der Waals surface area (Å²) in [5, 5.41) is 0.0522. The Hall–Kier alpha value is -2.01. The molecule has 6 heteroatoms. The Morgan fingerprint density at radius 1 is 1.39 bits per heavy atom. The number of carbonyl (C=O) groups is 1. The predicted molar refractivity (Wildman–Crippen MR) is 63.8 cm³/mol. The fraction of sp³-hybridized carbons (Fsp3) is 0.0833. The lowest BCUT2D eigenvalue weighted by atomic mass is 10.1. The normalized spacial score (nSPS) is 10.2. The maximum Gasteiger partial charge on any atom is 0.337 e. The van der Waals surface area contributed by atoms with E-state index < -0.39 is 11.8 Å². The van der Waals surface area contributed by atoms with Crippen molar-refractivity contribution < 1.29 is 13.9 Å². The summed E-state index contributed by atoms with van der Waals surface area (Å²) in [7, 11) is 1.23. The molecule has 0 fully saturated rings. The first kappa shape index (κ1) is 12.4. The number of hydrogen-bond donors (Lipinski definition) is 0. The minimum atomic E-state index is -0.615. The standard InChI is InChI=1S/C12H8ClFN2O2/c1-18-11(17)8-4-7(5-9(14)6-8)10-2-3-15-12(13)16-10/h2-6H,1H3. The van der Waals surface area contributed by atoms with Gasteiger partial charge in [-0.05, 0) is 35.9 Å². The molecule has 0 saturated carbocycles. The van der Waals surface area contributed by atoms with E-state index >= 15 is 0 Å². The van der Waals surface area contributed by atoms with Gasteiger partial charge in [0.1, 0.15) is 5.82 Å². The zero-order chi connectivity index (χ0) is 13.1. The molecule has 0 atom stereocenters. The summed E-state index contributed by atoms with van der Waals surface area (Å²) in [6, 6.07) is 5.40. The predicted octanol–water partition coefficient (Wildman–Crippen LogP) is 2.72. The van der Waals surface area contributed by atoms with E-state index in [1.165, 1.54) is 25.4 Å². The van der Waals surface area contributed by atoms with Crippen molar-refractivity contribution in [2.75, 3.05) is 7.11 Å². The molecule has 0 N–H and O–H groups in total. The molecule has 2 aromatic rings. The van der Waals surface area contributed by atoms with Crippen LogP contribution < -0.4 is 0 Å². The highest BCUT2D eigenvalue weighted by atomic mass is 35.5. The highest BCUT2D eigenvalue weighted by molar-refractivity contribution is 6.28. The van der Waals surface area contributed by atoms with Gasteiger partial charge < -0.3 is 4.74 Å². The molecule has 1 aromatic heterocycles. The van der Waals surface area contributed by atoms with Crippen LogP contribution in [0.2, 0.25) is 5.28 Å². The average Bonchev–Trinajstić information content (AvgIpc) is 2.37. The average molecular weight is 267 g/mol.